The largest absolute Gasteiger partial charge is 0.497 e. The lowest BCUT2D eigenvalue weighted by Crippen LogP contribution is -2.51. The lowest BCUT2D eigenvalue weighted by molar-refractivity contribution is -0.144. The highest BCUT2D eigenvalue weighted by molar-refractivity contribution is 6.05. The van der Waals surface area contributed by atoms with Gasteiger partial charge in [0.1, 0.15) is 11.8 Å². The molecule has 0 radical (unpaired) electrons. The maximum atomic E-state index is 13.9. The highest BCUT2D eigenvalue weighted by Crippen LogP contribution is 2.35. The number of benzene rings is 2. The van der Waals surface area contributed by atoms with Crippen molar-refractivity contribution in [3.63, 3.8) is 0 Å². The van der Waals surface area contributed by atoms with Gasteiger partial charge in [-0.2, -0.15) is 0 Å². The van der Waals surface area contributed by atoms with Crippen LogP contribution in [-0.4, -0.2) is 59.7 Å². The number of ether oxygens (including phenoxy) is 1. The smallest absolute Gasteiger partial charge is 0.243 e. The molecule has 1 saturated heterocycles. The SMILES string of the molecule is COc1cccc(CN(C(=O)CCN2C(=O)[C@H]3CC=CC[C@H]3C2=O)C(Cc2ccccc2)C(=O)NCC(C)C)c1. The molecule has 1 heterocycles. The van der Waals surface area contributed by atoms with Crippen LogP contribution in [0.3, 0.4) is 0 Å². The number of carbonyl (C=O) groups excluding carboxylic acids is 4. The molecule has 4 amide bonds. The van der Waals surface area contributed by atoms with Gasteiger partial charge in [-0.25, -0.2) is 0 Å². The van der Waals surface area contributed by atoms with E-state index < -0.39 is 6.04 Å². The number of allylic oxidation sites excluding steroid dienone is 2. The van der Waals surface area contributed by atoms with Gasteiger partial charge in [-0.1, -0.05) is 68.5 Å². The fourth-order valence-corrected chi connectivity index (χ4v) is 5.38. The molecule has 1 aliphatic carbocycles. The first-order valence-electron chi connectivity index (χ1n) is 14.0. The van der Waals surface area contributed by atoms with E-state index in [2.05, 4.69) is 5.32 Å². The van der Waals surface area contributed by atoms with Crippen molar-refractivity contribution in [1.29, 1.82) is 0 Å². The van der Waals surface area contributed by atoms with Gasteiger partial charge in [0.15, 0.2) is 0 Å². The van der Waals surface area contributed by atoms with E-state index >= 15 is 0 Å². The van der Waals surface area contributed by atoms with Crippen molar-refractivity contribution >= 4 is 23.6 Å². The van der Waals surface area contributed by atoms with E-state index in [-0.39, 0.29) is 60.9 Å². The summed E-state index contributed by atoms with van der Waals surface area (Å²) in [4.78, 5) is 56.3. The molecule has 2 aliphatic rings. The van der Waals surface area contributed by atoms with Crippen molar-refractivity contribution in [2.75, 3.05) is 20.2 Å². The number of imide groups is 1. The molecule has 0 aromatic heterocycles. The Balaban J connectivity index is 1.59. The summed E-state index contributed by atoms with van der Waals surface area (Å²) in [5, 5.41) is 3.01. The number of rotatable bonds is 12. The molecule has 0 bridgehead atoms. The highest BCUT2D eigenvalue weighted by atomic mass is 16.5. The number of hydrogen-bond acceptors (Lipinski definition) is 5. The molecule has 0 saturated carbocycles. The van der Waals surface area contributed by atoms with Gasteiger partial charge in [0, 0.05) is 32.5 Å². The third-order valence-electron chi connectivity index (χ3n) is 7.59. The molecule has 2 aromatic rings. The second kappa shape index (κ2) is 13.4. The minimum Gasteiger partial charge on any atom is -0.497 e. The molecular formula is C32H39N3O5. The van der Waals surface area contributed by atoms with E-state index in [0.29, 0.717) is 31.6 Å². The molecule has 4 rings (SSSR count). The fraction of sp³-hybridized carbons (Fsp3) is 0.438. The van der Waals surface area contributed by atoms with E-state index in [9.17, 15) is 19.2 Å². The van der Waals surface area contributed by atoms with E-state index in [1.165, 1.54) is 4.90 Å². The second-order valence-corrected chi connectivity index (χ2v) is 11.0. The van der Waals surface area contributed by atoms with Gasteiger partial charge in [0.2, 0.25) is 23.6 Å². The Kier molecular flexibility index (Phi) is 9.74. The molecule has 2 aromatic carbocycles. The highest BCUT2D eigenvalue weighted by Gasteiger charge is 2.47. The van der Waals surface area contributed by atoms with Crippen LogP contribution < -0.4 is 10.1 Å². The maximum absolute atomic E-state index is 13.9. The molecule has 1 unspecified atom stereocenters. The van der Waals surface area contributed by atoms with Crippen molar-refractivity contribution in [1.82, 2.24) is 15.1 Å². The Hall–Kier alpha value is -3.94. The number of amides is 4. The molecule has 0 spiro atoms. The molecular weight excluding hydrogens is 506 g/mol. The summed E-state index contributed by atoms with van der Waals surface area (Å²) in [6.45, 7) is 4.70. The van der Waals surface area contributed by atoms with Crippen LogP contribution in [0, 0.1) is 17.8 Å². The molecule has 1 fully saturated rings. The van der Waals surface area contributed by atoms with E-state index in [4.69, 9.17) is 4.74 Å². The summed E-state index contributed by atoms with van der Waals surface area (Å²) in [6, 6.07) is 16.2. The standard InChI is InChI=1S/C32H39N3O5/c1-22(2)20-33-30(37)28(19-23-10-5-4-6-11-23)35(21-24-12-9-13-25(18-24)40-3)29(36)16-17-34-31(38)26-14-7-8-15-27(26)32(34)39/h4-13,18,22,26-28H,14-17,19-21H2,1-3H3,(H,33,37)/t26-,27+,28?. The first-order chi connectivity index (χ1) is 19.3. The van der Waals surface area contributed by atoms with Gasteiger partial charge in [-0.3, -0.25) is 24.1 Å². The predicted molar refractivity (Wildman–Crippen MR) is 152 cm³/mol. The van der Waals surface area contributed by atoms with Gasteiger partial charge in [-0.05, 0) is 42.0 Å². The Morgan fingerprint density at radius 2 is 1.62 bits per heavy atom. The lowest BCUT2D eigenvalue weighted by atomic mass is 9.85. The Morgan fingerprint density at radius 1 is 0.975 bits per heavy atom. The molecule has 3 atom stereocenters. The van der Waals surface area contributed by atoms with E-state index in [1.54, 1.807) is 12.0 Å². The lowest BCUT2D eigenvalue weighted by Gasteiger charge is -2.32. The quantitative estimate of drug-likeness (QED) is 0.324. The van der Waals surface area contributed by atoms with Crippen LogP contribution in [-0.2, 0) is 32.1 Å². The molecule has 212 valence electrons. The minimum absolute atomic E-state index is 0.00375. The Labute approximate surface area is 236 Å². The van der Waals surface area contributed by atoms with Crippen molar-refractivity contribution in [3.8, 4) is 5.75 Å². The van der Waals surface area contributed by atoms with Crippen LogP contribution in [0.15, 0.2) is 66.7 Å². The van der Waals surface area contributed by atoms with Crippen molar-refractivity contribution in [2.24, 2.45) is 17.8 Å². The van der Waals surface area contributed by atoms with Crippen molar-refractivity contribution in [3.05, 3.63) is 77.9 Å². The first-order valence-corrected chi connectivity index (χ1v) is 14.0. The van der Waals surface area contributed by atoms with Crippen LogP contribution in [0.4, 0.5) is 0 Å². The zero-order valence-electron chi connectivity index (χ0n) is 23.5. The number of hydrogen-bond donors (Lipinski definition) is 1. The number of nitrogens with zero attached hydrogens (tertiary/aromatic N) is 2. The molecule has 8 nitrogen and oxygen atoms in total. The third kappa shape index (κ3) is 6.97. The van der Waals surface area contributed by atoms with Crippen molar-refractivity contribution < 1.29 is 23.9 Å². The van der Waals surface area contributed by atoms with Gasteiger partial charge in [0.05, 0.1) is 18.9 Å². The van der Waals surface area contributed by atoms with E-state index in [0.717, 1.165) is 11.1 Å². The van der Waals surface area contributed by atoms with Crippen molar-refractivity contribution in [2.45, 2.75) is 52.1 Å². The monoisotopic (exact) mass is 545 g/mol. The van der Waals surface area contributed by atoms with Crippen LogP contribution in [0.25, 0.3) is 0 Å². The van der Waals surface area contributed by atoms with Gasteiger partial charge in [-0.15, -0.1) is 0 Å². The Morgan fingerprint density at radius 3 is 2.25 bits per heavy atom. The molecule has 40 heavy (non-hydrogen) atoms. The van der Waals surface area contributed by atoms with Gasteiger partial charge < -0.3 is 15.0 Å². The number of methoxy groups -OCH3 is 1. The fourth-order valence-electron chi connectivity index (χ4n) is 5.38. The van der Waals surface area contributed by atoms with Gasteiger partial charge in [0.25, 0.3) is 0 Å². The van der Waals surface area contributed by atoms with Crippen LogP contribution in [0.5, 0.6) is 5.75 Å². The third-order valence-corrected chi connectivity index (χ3v) is 7.59. The van der Waals surface area contributed by atoms with Crippen LogP contribution in [0.2, 0.25) is 0 Å². The summed E-state index contributed by atoms with van der Waals surface area (Å²) in [6.07, 6.45) is 5.27. The molecule has 1 N–H and O–H groups in total. The normalized spacial score (nSPS) is 18.9. The first kappa shape index (κ1) is 29.1. The number of fused-ring (bicyclic) bond motifs is 1. The average molecular weight is 546 g/mol. The zero-order valence-corrected chi connectivity index (χ0v) is 23.5. The number of nitrogens with one attached hydrogen (secondary N) is 1. The Bertz CT molecular complexity index is 1220. The minimum atomic E-state index is -0.781. The number of carbonyl (C=O) groups is 4. The molecule has 8 heteroatoms. The molecule has 1 aliphatic heterocycles. The van der Waals surface area contributed by atoms with E-state index in [1.807, 2.05) is 80.6 Å². The second-order valence-electron chi connectivity index (χ2n) is 11.0. The summed E-state index contributed by atoms with van der Waals surface area (Å²) in [5.74, 6) is -0.728. The van der Waals surface area contributed by atoms with Gasteiger partial charge >= 0.3 is 0 Å². The summed E-state index contributed by atoms with van der Waals surface area (Å²) < 4.78 is 5.38. The van der Waals surface area contributed by atoms with Crippen LogP contribution >= 0.6 is 0 Å². The summed E-state index contributed by atoms with van der Waals surface area (Å²) in [7, 11) is 1.58. The number of likely N-dealkylation sites (tertiary alicyclic amines) is 1. The average Bonchev–Trinajstić information content (AvgIpc) is 3.21. The summed E-state index contributed by atoms with van der Waals surface area (Å²) >= 11 is 0. The predicted octanol–water partition coefficient (Wildman–Crippen LogP) is 3.75. The van der Waals surface area contributed by atoms with Crippen LogP contribution in [0.1, 0.15) is 44.2 Å². The summed E-state index contributed by atoms with van der Waals surface area (Å²) in [5.41, 5.74) is 1.74. The zero-order chi connectivity index (χ0) is 28.6. The maximum Gasteiger partial charge on any atom is 0.243 e. The topological polar surface area (TPSA) is 96.0 Å².